The normalized spacial score (nSPS) is 39.4. The van der Waals surface area contributed by atoms with Crippen LogP contribution in [0.4, 0.5) is 0 Å². The third-order valence-electron chi connectivity index (χ3n) is 5.56. The number of hydrogen-bond donors (Lipinski definition) is 1. The second-order valence-electron chi connectivity index (χ2n) is 6.48. The van der Waals surface area contributed by atoms with Gasteiger partial charge in [-0.25, -0.2) is 0 Å². The summed E-state index contributed by atoms with van der Waals surface area (Å²) in [5.74, 6) is 4.16. The maximum absolute atomic E-state index is 4.88. The van der Waals surface area contributed by atoms with Crippen molar-refractivity contribution in [1.82, 2.24) is 5.32 Å². The average Bonchev–Trinajstić information content (AvgIpc) is 3.11. The number of rotatable bonds is 4. The quantitative estimate of drug-likeness (QED) is 0.839. The van der Waals surface area contributed by atoms with Crippen LogP contribution >= 0.6 is 11.8 Å². The third kappa shape index (κ3) is 2.31. The summed E-state index contributed by atoms with van der Waals surface area (Å²) in [7, 11) is 0. The Hall–Kier alpha value is -0.180. The molecule has 3 fully saturated rings. The molecule has 1 N–H and O–H groups in total. The second kappa shape index (κ2) is 5.07. The fourth-order valence-electron chi connectivity index (χ4n) is 4.02. The van der Waals surface area contributed by atoms with Gasteiger partial charge in [-0.15, -0.1) is 0 Å². The minimum atomic E-state index is 0.332. The molecular weight excluding hydrogens is 240 g/mol. The van der Waals surface area contributed by atoms with Gasteiger partial charge in [-0.2, -0.15) is 0 Å². The highest BCUT2D eigenvalue weighted by atomic mass is 32.2. The van der Waals surface area contributed by atoms with E-state index in [1.807, 2.05) is 11.8 Å². The molecule has 3 aliphatic rings. The lowest BCUT2D eigenvalue weighted by Crippen LogP contribution is -2.42. The van der Waals surface area contributed by atoms with Crippen molar-refractivity contribution in [1.29, 1.82) is 0 Å². The standard InChI is InChI=1S/C15H26N2S/c1-3-15(4-2)10-18-14(17-15)16-9-13-8-11-5-6-12(13)7-11/h11-13H,3-10H2,1-2H3,(H,16,17). The van der Waals surface area contributed by atoms with Gasteiger partial charge in [0.15, 0.2) is 5.17 Å². The van der Waals surface area contributed by atoms with Gasteiger partial charge in [-0.05, 0) is 49.9 Å². The first-order chi connectivity index (χ1) is 8.74. The molecule has 18 heavy (non-hydrogen) atoms. The van der Waals surface area contributed by atoms with Crippen LogP contribution in [0.5, 0.6) is 0 Å². The molecule has 3 rings (SSSR count). The van der Waals surface area contributed by atoms with Crippen molar-refractivity contribution in [3.63, 3.8) is 0 Å². The van der Waals surface area contributed by atoms with Crippen LogP contribution < -0.4 is 5.32 Å². The molecule has 0 aromatic carbocycles. The monoisotopic (exact) mass is 266 g/mol. The van der Waals surface area contributed by atoms with E-state index >= 15 is 0 Å². The van der Waals surface area contributed by atoms with E-state index in [1.54, 1.807) is 0 Å². The highest BCUT2D eigenvalue weighted by Crippen LogP contribution is 2.48. The molecule has 0 aromatic rings. The highest BCUT2D eigenvalue weighted by molar-refractivity contribution is 8.14. The van der Waals surface area contributed by atoms with Gasteiger partial charge in [0.25, 0.3) is 0 Å². The van der Waals surface area contributed by atoms with E-state index in [0.29, 0.717) is 5.54 Å². The molecule has 0 spiro atoms. The van der Waals surface area contributed by atoms with Crippen molar-refractivity contribution < 1.29 is 0 Å². The lowest BCUT2D eigenvalue weighted by atomic mass is 9.89. The Kier molecular flexibility index (Phi) is 3.61. The summed E-state index contributed by atoms with van der Waals surface area (Å²) in [6, 6.07) is 0. The average molecular weight is 266 g/mol. The van der Waals surface area contributed by atoms with Crippen molar-refractivity contribution >= 4 is 16.9 Å². The fourth-order valence-corrected chi connectivity index (χ4v) is 5.37. The van der Waals surface area contributed by atoms with Crippen LogP contribution in [-0.2, 0) is 0 Å². The predicted molar refractivity (Wildman–Crippen MR) is 80.1 cm³/mol. The molecule has 1 aliphatic heterocycles. The zero-order valence-corrected chi connectivity index (χ0v) is 12.6. The Morgan fingerprint density at radius 2 is 2.11 bits per heavy atom. The van der Waals surface area contributed by atoms with Crippen molar-refractivity contribution in [2.24, 2.45) is 22.7 Å². The van der Waals surface area contributed by atoms with Gasteiger partial charge in [0.2, 0.25) is 0 Å². The van der Waals surface area contributed by atoms with Crippen LogP contribution in [-0.4, -0.2) is 23.0 Å². The molecule has 0 amide bonds. The molecule has 1 saturated heterocycles. The number of aliphatic imine (C=N–C) groups is 1. The zero-order valence-electron chi connectivity index (χ0n) is 11.7. The Morgan fingerprint density at radius 1 is 1.28 bits per heavy atom. The largest absolute Gasteiger partial charge is 0.359 e. The summed E-state index contributed by atoms with van der Waals surface area (Å²) in [4.78, 5) is 4.88. The van der Waals surface area contributed by atoms with E-state index in [9.17, 15) is 0 Å². The van der Waals surface area contributed by atoms with Crippen LogP contribution in [0.3, 0.4) is 0 Å². The number of nitrogens with zero attached hydrogens (tertiary/aromatic N) is 1. The SMILES string of the molecule is CCC1(CC)CSC(=NCC2CC3CCC2C3)N1. The second-order valence-corrected chi connectivity index (χ2v) is 7.45. The summed E-state index contributed by atoms with van der Waals surface area (Å²) < 4.78 is 0. The lowest BCUT2D eigenvalue weighted by molar-refractivity contribution is 0.341. The first-order valence-corrected chi connectivity index (χ1v) is 8.68. The van der Waals surface area contributed by atoms with E-state index in [4.69, 9.17) is 4.99 Å². The van der Waals surface area contributed by atoms with Crippen LogP contribution in [0.25, 0.3) is 0 Å². The van der Waals surface area contributed by atoms with Crippen LogP contribution in [0.15, 0.2) is 4.99 Å². The molecule has 3 heteroatoms. The van der Waals surface area contributed by atoms with Gasteiger partial charge in [0.1, 0.15) is 0 Å². The number of hydrogen-bond acceptors (Lipinski definition) is 2. The number of amidine groups is 1. The molecule has 2 nitrogen and oxygen atoms in total. The zero-order chi connectivity index (χ0) is 12.6. The Morgan fingerprint density at radius 3 is 2.67 bits per heavy atom. The minimum Gasteiger partial charge on any atom is -0.359 e. The van der Waals surface area contributed by atoms with Crippen molar-refractivity contribution in [2.75, 3.05) is 12.3 Å². The fraction of sp³-hybridized carbons (Fsp3) is 0.933. The first-order valence-electron chi connectivity index (χ1n) is 7.70. The smallest absolute Gasteiger partial charge is 0.157 e. The molecule has 2 saturated carbocycles. The number of nitrogens with one attached hydrogen (secondary N) is 1. The molecule has 3 unspecified atom stereocenters. The molecule has 2 aliphatic carbocycles. The predicted octanol–water partition coefficient (Wildman–Crippen LogP) is 3.67. The first kappa shape index (κ1) is 12.8. The van der Waals surface area contributed by atoms with Gasteiger partial charge in [0, 0.05) is 17.8 Å². The Balaban J connectivity index is 1.55. The number of thioether (sulfide) groups is 1. The van der Waals surface area contributed by atoms with Gasteiger partial charge < -0.3 is 5.32 Å². The number of fused-ring (bicyclic) bond motifs is 2. The van der Waals surface area contributed by atoms with Gasteiger partial charge in [-0.3, -0.25) is 4.99 Å². The minimum absolute atomic E-state index is 0.332. The van der Waals surface area contributed by atoms with E-state index in [1.165, 1.54) is 49.4 Å². The summed E-state index contributed by atoms with van der Waals surface area (Å²) in [5, 5.41) is 4.91. The van der Waals surface area contributed by atoms with E-state index in [2.05, 4.69) is 19.2 Å². The lowest BCUT2D eigenvalue weighted by Gasteiger charge is -2.25. The topological polar surface area (TPSA) is 24.4 Å². The van der Waals surface area contributed by atoms with Gasteiger partial charge >= 0.3 is 0 Å². The molecule has 1 heterocycles. The van der Waals surface area contributed by atoms with Crippen molar-refractivity contribution in [3.05, 3.63) is 0 Å². The van der Waals surface area contributed by atoms with Gasteiger partial charge in [-0.1, -0.05) is 32.0 Å². The van der Waals surface area contributed by atoms with Crippen LogP contribution in [0.1, 0.15) is 52.4 Å². The van der Waals surface area contributed by atoms with E-state index in [-0.39, 0.29) is 0 Å². The molecule has 102 valence electrons. The summed E-state index contributed by atoms with van der Waals surface area (Å²) in [5.41, 5.74) is 0.332. The summed E-state index contributed by atoms with van der Waals surface area (Å²) in [6.07, 6.45) is 8.37. The van der Waals surface area contributed by atoms with Crippen molar-refractivity contribution in [2.45, 2.75) is 57.9 Å². The summed E-state index contributed by atoms with van der Waals surface area (Å²) in [6.45, 7) is 5.66. The molecule has 3 atom stereocenters. The molecule has 0 aromatic heterocycles. The van der Waals surface area contributed by atoms with Gasteiger partial charge in [0.05, 0.1) is 0 Å². The maximum Gasteiger partial charge on any atom is 0.157 e. The Labute approximate surface area is 115 Å². The van der Waals surface area contributed by atoms with Crippen LogP contribution in [0, 0.1) is 17.8 Å². The molecule has 2 bridgehead atoms. The highest BCUT2D eigenvalue weighted by Gasteiger charge is 2.39. The maximum atomic E-state index is 4.88. The molecular formula is C15H26N2S. The van der Waals surface area contributed by atoms with Crippen LogP contribution in [0.2, 0.25) is 0 Å². The summed E-state index contributed by atoms with van der Waals surface area (Å²) >= 11 is 1.94. The molecule has 0 radical (unpaired) electrons. The van der Waals surface area contributed by atoms with E-state index < -0.39 is 0 Å². The third-order valence-corrected chi connectivity index (χ3v) is 6.77. The van der Waals surface area contributed by atoms with E-state index in [0.717, 1.165) is 24.3 Å². The van der Waals surface area contributed by atoms with Crippen molar-refractivity contribution in [3.8, 4) is 0 Å². The Bertz CT molecular complexity index is 335.